The second-order valence-corrected chi connectivity index (χ2v) is 8.13. The smallest absolute Gasteiger partial charge is 0.114 e. The highest BCUT2D eigenvalue weighted by molar-refractivity contribution is 7.09. The van der Waals surface area contributed by atoms with Crippen LogP contribution in [0.4, 0.5) is 0 Å². The first kappa shape index (κ1) is 13.5. The van der Waals surface area contributed by atoms with Gasteiger partial charge in [0.1, 0.15) is 5.01 Å². The Bertz CT molecular complexity index is 458. The minimum atomic E-state index is 0.115. The van der Waals surface area contributed by atoms with E-state index in [2.05, 4.69) is 43.4 Å². The molecule has 3 rings (SSSR count). The molecule has 2 aliphatic rings. The standard InChI is InChI=1S/C15H25N3S/c1-14(2,3)12-9-19-13(16-12)15(17-11-5-6-11)7-8-18(4)10-15/h9,11,17H,5-8,10H2,1-4H3. The van der Waals surface area contributed by atoms with Crippen molar-refractivity contribution in [2.45, 2.75) is 57.0 Å². The van der Waals surface area contributed by atoms with Crippen LogP contribution in [0, 0.1) is 0 Å². The topological polar surface area (TPSA) is 28.2 Å². The molecule has 1 saturated heterocycles. The number of nitrogens with one attached hydrogen (secondary N) is 1. The molecule has 1 aliphatic carbocycles. The second-order valence-electron chi connectivity index (χ2n) is 7.28. The summed E-state index contributed by atoms with van der Waals surface area (Å²) < 4.78 is 0. The summed E-state index contributed by atoms with van der Waals surface area (Å²) in [6, 6.07) is 0.730. The van der Waals surface area contributed by atoms with Crippen LogP contribution in [0.15, 0.2) is 5.38 Å². The summed E-state index contributed by atoms with van der Waals surface area (Å²) in [6.45, 7) is 9.00. The lowest BCUT2D eigenvalue weighted by Crippen LogP contribution is -2.45. The van der Waals surface area contributed by atoms with Crippen molar-refractivity contribution in [3.63, 3.8) is 0 Å². The Morgan fingerprint density at radius 3 is 2.63 bits per heavy atom. The maximum Gasteiger partial charge on any atom is 0.114 e. The summed E-state index contributed by atoms with van der Waals surface area (Å²) in [5, 5.41) is 7.44. The van der Waals surface area contributed by atoms with Crippen LogP contribution in [0.25, 0.3) is 0 Å². The predicted molar refractivity (Wildman–Crippen MR) is 80.8 cm³/mol. The van der Waals surface area contributed by atoms with Crippen molar-refractivity contribution < 1.29 is 0 Å². The molecule has 106 valence electrons. The first-order valence-electron chi connectivity index (χ1n) is 7.32. The van der Waals surface area contributed by atoms with Gasteiger partial charge < -0.3 is 10.2 Å². The van der Waals surface area contributed by atoms with E-state index in [1.165, 1.54) is 36.5 Å². The molecule has 1 atom stereocenters. The van der Waals surface area contributed by atoms with Crippen LogP contribution in [0.2, 0.25) is 0 Å². The largest absolute Gasteiger partial charge is 0.304 e. The number of likely N-dealkylation sites (tertiary alicyclic amines) is 1. The molecule has 1 aromatic rings. The fourth-order valence-electron chi connectivity index (χ4n) is 2.81. The molecule has 1 aliphatic heterocycles. The van der Waals surface area contributed by atoms with E-state index in [0.29, 0.717) is 0 Å². The van der Waals surface area contributed by atoms with Crippen molar-refractivity contribution in [2.24, 2.45) is 0 Å². The molecule has 0 amide bonds. The zero-order chi connectivity index (χ0) is 13.7. The van der Waals surface area contributed by atoms with E-state index >= 15 is 0 Å². The molecule has 4 heteroatoms. The van der Waals surface area contributed by atoms with E-state index in [1.807, 2.05) is 11.3 Å². The van der Waals surface area contributed by atoms with E-state index < -0.39 is 0 Å². The first-order chi connectivity index (χ1) is 8.89. The number of aromatic nitrogens is 1. The lowest BCUT2D eigenvalue weighted by atomic mass is 9.93. The van der Waals surface area contributed by atoms with Crippen molar-refractivity contribution in [3.8, 4) is 0 Å². The summed E-state index contributed by atoms with van der Waals surface area (Å²) in [5.41, 5.74) is 1.50. The summed E-state index contributed by atoms with van der Waals surface area (Å²) in [4.78, 5) is 7.40. The number of hydrogen-bond acceptors (Lipinski definition) is 4. The maximum absolute atomic E-state index is 4.98. The molecular formula is C15H25N3S. The molecule has 3 nitrogen and oxygen atoms in total. The summed E-state index contributed by atoms with van der Waals surface area (Å²) in [7, 11) is 2.22. The SMILES string of the molecule is CN1CCC(NC2CC2)(c2nc(C(C)(C)C)cs2)C1. The number of likely N-dealkylation sites (N-methyl/N-ethyl adjacent to an activating group) is 1. The molecule has 0 spiro atoms. The molecular weight excluding hydrogens is 254 g/mol. The average Bonchev–Trinajstić information content (AvgIpc) is 2.84. The maximum atomic E-state index is 4.98. The predicted octanol–water partition coefficient (Wildman–Crippen LogP) is 2.72. The van der Waals surface area contributed by atoms with Crippen LogP contribution in [-0.2, 0) is 11.0 Å². The van der Waals surface area contributed by atoms with E-state index in [0.717, 1.165) is 12.6 Å². The lowest BCUT2D eigenvalue weighted by molar-refractivity contribution is 0.311. The third-order valence-corrected chi connectivity index (χ3v) is 5.25. The Kier molecular flexibility index (Phi) is 3.23. The van der Waals surface area contributed by atoms with Crippen molar-refractivity contribution >= 4 is 11.3 Å². The van der Waals surface area contributed by atoms with Gasteiger partial charge in [-0.05, 0) is 26.3 Å². The van der Waals surface area contributed by atoms with Gasteiger partial charge in [-0.2, -0.15) is 0 Å². The van der Waals surface area contributed by atoms with Crippen molar-refractivity contribution in [3.05, 3.63) is 16.1 Å². The van der Waals surface area contributed by atoms with E-state index in [-0.39, 0.29) is 11.0 Å². The van der Waals surface area contributed by atoms with Crippen LogP contribution in [-0.4, -0.2) is 36.1 Å². The zero-order valence-electron chi connectivity index (χ0n) is 12.5. The fraction of sp³-hybridized carbons (Fsp3) is 0.800. The van der Waals surface area contributed by atoms with Gasteiger partial charge in [-0.3, -0.25) is 0 Å². The molecule has 1 saturated carbocycles. The normalized spacial score (nSPS) is 29.1. The Morgan fingerprint density at radius 2 is 2.16 bits per heavy atom. The number of rotatable bonds is 3. The Hall–Kier alpha value is -0.450. The van der Waals surface area contributed by atoms with Crippen molar-refractivity contribution in [1.29, 1.82) is 0 Å². The van der Waals surface area contributed by atoms with Crippen LogP contribution < -0.4 is 5.32 Å². The summed E-state index contributed by atoms with van der Waals surface area (Å²) in [6.07, 6.45) is 3.86. The molecule has 2 heterocycles. The van der Waals surface area contributed by atoms with Gasteiger partial charge in [-0.25, -0.2) is 4.98 Å². The Balaban J connectivity index is 1.89. The van der Waals surface area contributed by atoms with Gasteiger partial charge in [0, 0.05) is 29.9 Å². The number of hydrogen-bond donors (Lipinski definition) is 1. The average molecular weight is 279 g/mol. The highest BCUT2D eigenvalue weighted by Crippen LogP contribution is 2.38. The highest BCUT2D eigenvalue weighted by atomic mass is 32.1. The molecule has 0 bridgehead atoms. The van der Waals surface area contributed by atoms with Crippen LogP contribution in [0.5, 0.6) is 0 Å². The van der Waals surface area contributed by atoms with E-state index in [1.54, 1.807) is 0 Å². The summed E-state index contributed by atoms with van der Waals surface area (Å²) >= 11 is 1.84. The molecule has 1 aromatic heterocycles. The van der Waals surface area contributed by atoms with Gasteiger partial charge in [0.15, 0.2) is 0 Å². The van der Waals surface area contributed by atoms with E-state index in [4.69, 9.17) is 4.98 Å². The van der Waals surface area contributed by atoms with Crippen LogP contribution >= 0.6 is 11.3 Å². The van der Waals surface area contributed by atoms with E-state index in [9.17, 15) is 0 Å². The molecule has 0 radical (unpaired) electrons. The molecule has 0 aromatic carbocycles. The molecule has 2 fully saturated rings. The number of nitrogens with zero attached hydrogens (tertiary/aromatic N) is 2. The fourth-order valence-corrected chi connectivity index (χ4v) is 4.04. The number of thiazole rings is 1. The van der Waals surface area contributed by atoms with Gasteiger partial charge in [0.25, 0.3) is 0 Å². The van der Waals surface area contributed by atoms with Crippen molar-refractivity contribution in [2.75, 3.05) is 20.1 Å². The van der Waals surface area contributed by atoms with Crippen LogP contribution in [0.1, 0.15) is 50.7 Å². The van der Waals surface area contributed by atoms with Gasteiger partial charge >= 0.3 is 0 Å². The third kappa shape index (κ3) is 2.71. The Labute approximate surface area is 120 Å². The minimum Gasteiger partial charge on any atom is -0.304 e. The first-order valence-corrected chi connectivity index (χ1v) is 8.20. The lowest BCUT2D eigenvalue weighted by Gasteiger charge is -2.28. The zero-order valence-corrected chi connectivity index (χ0v) is 13.3. The molecule has 1 unspecified atom stereocenters. The van der Waals surface area contributed by atoms with Crippen LogP contribution in [0.3, 0.4) is 0 Å². The Morgan fingerprint density at radius 1 is 1.42 bits per heavy atom. The third-order valence-electron chi connectivity index (χ3n) is 4.20. The minimum absolute atomic E-state index is 0.115. The van der Waals surface area contributed by atoms with Gasteiger partial charge in [0.05, 0.1) is 11.2 Å². The second kappa shape index (κ2) is 4.54. The van der Waals surface area contributed by atoms with Gasteiger partial charge in [-0.15, -0.1) is 11.3 Å². The molecule has 1 N–H and O–H groups in total. The van der Waals surface area contributed by atoms with Gasteiger partial charge in [-0.1, -0.05) is 20.8 Å². The van der Waals surface area contributed by atoms with Gasteiger partial charge in [0.2, 0.25) is 0 Å². The summed E-state index contributed by atoms with van der Waals surface area (Å²) in [5.74, 6) is 0. The molecule has 19 heavy (non-hydrogen) atoms. The monoisotopic (exact) mass is 279 g/mol. The quantitative estimate of drug-likeness (QED) is 0.922. The van der Waals surface area contributed by atoms with Crippen molar-refractivity contribution in [1.82, 2.24) is 15.2 Å². The highest BCUT2D eigenvalue weighted by Gasteiger charge is 2.44.